The van der Waals surface area contributed by atoms with Gasteiger partial charge in [0.2, 0.25) is 0 Å². The highest BCUT2D eigenvalue weighted by atomic mass is 32.1. The maximum absolute atomic E-state index is 10.5. The molecule has 0 unspecified atom stereocenters. The maximum atomic E-state index is 10.5. The SMILES string of the molecule is Cc1ncc(C=O)c(CS)c1O. The Morgan fingerprint density at radius 2 is 2.42 bits per heavy atom. The number of rotatable bonds is 2. The van der Waals surface area contributed by atoms with Crippen molar-refractivity contribution in [3.63, 3.8) is 0 Å². The van der Waals surface area contributed by atoms with Crippen LogP contribution in [-0.2, 0) is 5.75 Å². The van der Waals surface area contributed by atoms with E-state index in [2.05, 4.69) is 17.6 Å². The van der Waals surface area contributed by atoms with Crippen molar-refractivity contribution in [1.29, 1.82) is 0 Å². The van der Waals surface area contributed by atoms with Crippen LogP contribution in [0.5, 0.6) is 5.75 Å². The summed E-state index contributed by atoms with van der Waals surface area (Å²) < 4.78 is 0. The van der Waals surface area contributed by atoms with Gasteiger partial charge in [0.25, 0.3) is 0 Å². The lowest BCUT2D eigenvalue weighted by molar-refractivity contribution is 0.112. The Bertz CT molecular complexity index is 312. The average molecular weight is 183 g/mol. The Hall–Kier alpha value is -1.03. The van der Waals surface area contributed by atoms with Crippen LogP contribution >= 0.6 is 12.6 Å². The van der Waals surface area contributed by atoms with Gasteiger partial charge < -0.3 is 5.11 Å². The molecule has 1 rings (SSSR count). The van der Waals surface area contributed by atoms with Gasteiger partial charge >= 0.3 is 0 Å². The van der Waals surface area contributed by atoms with Crippen LogP contribution in [0.15, 0.2) is 6.20 Å². The monoisotopic (exact) mass is 183 g/mol. The first-order chi connectivity index (χ1) is 5.70. The van der Waals surface area contributed by atoms with Gasteiger partial charge in [-0.2, -0.15) is 12.6 Å². The standard InChI is InChI=1S/C8H9NO2S/c1-5-8(11)7(4-12)6(3-10)2-9-5/h2-3,11-12H,4H2,1H3. The van der Waals surface area contributed by atoms with E-state index in [1.165, 1.54) is 6.20 Å². The number of thiol groups is 1. The highest BCUT2D eigenvalue weighted by Crippen LogP contribution is 2.23. The molecular formula is C8H9NO2S. The molecule has 0 fully saturated rings. The molecule has 0 aliphatic carbocycles. The molecule has 4 heteroatoms. The van der Waals surface area contributed by atoms with Crippen LogP contribution in [0.4, 0.5) is 0 Å². The number of hydrogen-bond donors (Lipinski definition) is 2. The first kappa shape index (κ1) is 9.06. The highest BCUT2D eigenvalue weighted by Gasteiger charge is 2.08. The second kappa shape index (κ2) is 3.58. The van der Waals surface area contributed by atoms with Crippen LogP contribution in [0.2, 0.25) is 0 Å². The second-order valence-corrected chi connectivity index (χ2v) is 2.72. The molecule has 0 aromatic carbocycles. The van der Waals surface area contributed by atoms with Gasteiger partial charge in [-0.3, -0.25) is 9.78 Å². The smallest absolute Gasteiger partial charge is 0.152 e. The lowest BCUT2D eigenvalue weighted by Gasteiger charge is -2.05. The van der Waals surface area contributed by atoms with E-state index in [0.29, 0.717) is 28.9 Å². The molecule has 1 heterocycles. The van der Waals surface area contributed by atoms with Crippen LogP contribution < -0.4 is 0 Å². The number of carbonyl (C=O) groups is 1. The number of aromatic hydroxyl groups is 1. The molecule has 1 N–H and O–H groups in total. The van der Waals surface area contributed by atoms with E-state index < -0.39 is 0 Å². The van der Waals surface area contributed by atoms with Crippen LogP contribution in [0.25, 0.3) is 0 Å². The minimum absolute atomic E-state index is 0.0644. The molecule has 1 aromatic heterocycles. The van der Waals surface area contributed by atoms with Crippen molar-refractivity contribution in [1.82, 2.24) is 4.98 Å². The van der Waals surface area contributed by atoms with Gasteiger partial charge in [-0.25, -0.2) is 0 Å². The number of hydrogen-bond acceptors (Lipinski definition) is 4. The fraction of sp³-hybridized carbons (Fsp3) is 0.250. The minimum Gasteiger partial charge on any atom is -0.506 e. The molecule has 64 valence electrons. The van der Waals surface area contributed by atoms with Gasteiger partial charge in [0, 0.05) is 23.1 Å². The largest absolute Gasteiger partial charge is 0.506 e. The Labute approximate surface area is 75.9 Å². The Balaban J connectivity index is 3.35. The molecule has 0 atom stereocenters. The third kappa shape index (κ3) is 1.43. The fourth-order valence-corrected chi connectivity index (χ4v) is 1.26. The molecule has 0 aliphatic rings. The van der Waals surface area contributed by atoms with E-state index in [0.717, 1.165) is 0 Å². The second-order valence-electron chi connectivity index (χ2n) is 2.40. The van der Waals surface area contributed by atoms with Crippen molar-refractivity contribution in [3.05, 3.63) is 23.0 Å². The van der Waals surface area contributed by atoms with E-state index in [4.69, 9.17) is 0 Å². The zero-order valence-electron chi connectivity index (χ0n) is 6.61. The third-order valence-electron chi connectivity index (χ3n) is 1.66. The summed E-state index contributed by atoms with van der Waals surface area (Å²) in [5.41, 5.74) is 1.46. The van der Waals surface area contributed by atoms with Crippen molar-refractivity contribution >= 4 is 18.9 Å². The molecule has 0 bridgehead atoms. The first-order valence-electron chi connectivity index (χ1n) is 3.44. The summed E-state index contributed by atoms with van der Waals surface area (Å²) in [5.74, 6) is 0.401. The van der Waals surface area contributed by atoms with Crippen molar-refractivity contribution in [2.75, 3.05) is 0 Å². The first-order valence-corrected chi connectivity index (χ1v) is 4.07. The Kier molecular flexibility index (Phi) is 2.70. The number of nitrogens with zero attached hydrogens (tertiary/aromatic N) is 1. The highest BCUT2D eigenvalue weighted by molar-refractivity contribution is 7.79. The topological polar surface area (TPSA) is 50.2 Å². The predicted octanol–water partition coefficient (Wildman–Crippen LogP) is 1.34. The summed E-state index contributed by atoms with van der Waals surface area (Å²) in [5, 5.41) is 9.44. The summed E-state index contributed by atoms with van der Waals surface area (Å²) in [4.78, 5) is 14.3. The zero-order chi connectivity index (χ0) is 9.14. The lowest BCUT2D eigenvalue weighted by Crippen LogP contribution is -1.94. The van der Waals surface area contributed by atoms with Gasteiger partial charge in [0.05, 0.1) is 5.69 Å². The van der Waals surface area contributed by atoms with Gasteiger partial charge in [0.1, 0.15) is 5.75 Å². The molecule has 0 aliphatic heterocycles. The number of aryl methyl sites for hydroxylation is 1. The molecule has 0 saturated carbocycles. The number of aromatic nitrogens is 1. The quantitative estimate of drug-likeness (QED) is 0.537. The van der Waals surface area contributed by atoms with Crippen molar-refractivity contribution in [2.45, 2.75) is 12.7 Å². The van der Waals surface area contributed by atoms with E-state index in [1.54, 1.807) is 6.92 Å². The van der Waals surface area contributed by atoms with Crippen molar-refractivity contribution in [3.8, 4) is 5.75 Å². The van der Waals surface area contributed by atoms with Crippen LogP contribution in [0.3, 0.4) is 0 Å². The molecular weight excluding hydrogens is 174 g/mol. The van der Waals surface area contributed by atoms with Gasteiger partial charge in [-0.15, -0.1) is 0 Å². The minimum atomic E-state index is 0.0644. The van der Waals surface area contributed by atoms with Crippen molar-refractivity contribution < 1.29 is 9.90 Å². The van der Waals surface area contributed by atoms with E-state index >= 15 is 0 Å². The number of aldehydes is 1. The molecule has 3 nitrogen and oxygen atoms in total. The summed E-state index contributed by atoms with van der Waals surface area (Å²) in [6.45, 7) is 1.68. The average Bonchev–Trinajstić information content (AvgIpc) is 2.09. The summed E-state index contributed by atoms with van der Waals surface area (Å²) >= 11 is 4.00. The summed E-state index contributed by atoms with van der Waals surface area (Å²) in [6.07, 6.45) is 2.10. The summed E-state index contributed by atoms with van der Waals surface area (Å²) in [7, 11) is 0. The maximum Gasteiger partial charge on any atom is 0.152 e. The van der Waals surface area contributed by atoms with Crippen LogP contribution in [0.1, 0.15) is 21.6 Å². The summed E-state index contributed by atoms with van der Waals surface area (Å²) in [6, 6.07) is 0. The molecule has 0 radical (unpaired) electrons. The lowest BCUT2D eigenvalue weighted by atomic mass is 10.1. The predicted molar refractivity (Wildman–Crippen MR) is 48.7 cm³/mol. The normalized spacial score (nSPS) is 9.83. The molecule has 0 spiro atoms. The fourth-order valence-electron chi connectivity index (χ4n) is 0.928. The van der Waals surface area contributed by atoms with Gasteiger partial charge in [-0.1, -0.05) is 0 Å². The van der Waals surface area contributed by atoms with Crippen LogP contribution in [-0.4, -0.2) is 16.4 Å². The van der Waals surface area contributed by atoms with Crippen molar-refractivity contribution in [2.24, 2.45) is 0 Å². The molecule has 12 heavy (non-hydrogen) atoms. The Morgan fingerprint density at radius 3 is 2.92 bits per heavy atom. The number of carbonyl (C=O) groups excluding carboxylic acids is 1. The van der Waals surface area contributed by atoms with E-state index in [1.807, 2.05) is 0 Å². The number of pyridine rings is 1. The van der Waals surface area contributed by atoms with E-state index in [9.17, 15) is 9.90 Å². The molecule has 0 amide bonds. The van der Waals surface area contributed by atoms with Gasteiger partial charge in [-0.05, 0) is 6.92 Å². The van der Waals surface area contributed by atoms with Gasteiger partial charge in [0.15, 0.2) is 6.29 Å². The van der Waals surface area contributed by atoms with Crippen LogP contribution in [0, 0.1) is 6.92 Å². The zero-order valence-corrected chi connectivity index (χ0v) is 7.51. The molecule has 1 aromatic rings. The Morgan fingerprint density at radius 1 is 1.75 bits per heavy atom. The third-order valence-corrected chi connectivity index (χ3v) is 1.98. The van der Waals surface area contributed by atoms with E-state index in [-0.39, 0.29) is 5.75 Å². The molecule has 0 saturated heterocycles.